The highest BCUT2D eigenvalue weighted by Gasteiger charge is 2.29. The summed E-state index contributed by atoms with van der Waals surface area (Å²) < 4.78 is 25.8. The average molecular weight is 297 g/mol. The van der Waals surface area contributed by atoms with E-state index in [0.29, 0.717) is 13.1 Å². The molecule has 0 atom stereocenters. The van der Waals surface area contributed by atoms with E-state index in [1.807, 2.05) is 24.3 Å². The van der Waals surface area contributed by atoms with E-state index in [9.17, 15) is 8.42 Å². The fourth-order valence-electron chi connectivity index (χ4n) is 2.32. The Hall–Kier alpha value is -1.11. The van der Waals surface area contributed by atoms with Crippen molar-refractivity contribution < 1.29 is 8.42 Å². The van der Waals surface area contributed by atoms with Gasteiger partial charge in [0, 0.05) is 38.4 Å². The van der Waals surface area contributed by atoms with Gasteiger partial charge in [-0.15, -0.1) is 0 Å². The van der Waals surface area contributed by atoms with Gasteiger partial charge < -0.3 is 5.73 Å². The zero-order chi connectivity index (χ0) is 14.8. The lowest BCUT2D eigenvalue weighted by Crippen LogP contribution is -2.49. The first-order chi connectivity index (χ1) is 9.39. The van der Waals surface area contributed by atoms with E-state index < -0.39 is 10.0 Å². The normalized spacial score (nSPS) is 18.6. The van der Waals surface area contributed by atoms with E-state index in [2.05, 4.69) is 4.90 Å². The fraction of sp³-hybridized carbons (Fsp3) is 0.571. The van der Waals surface area contributed by atoms with Crippen LogP contribution in [-0.2, 0) is 16.6 Å². The van der Waals surface area contributed by atoms with Gasteiger partial charge in [-0.25, -0.2) is 8.42 Å². The molecule has 1 heterocycles. The summed E-state index contributed by atoms with van der Waals surface area (Å²) in [5, 5.41) is -0.342. The van der Waals surface area contributed by atoms with Crippen molar-refractivity contribution in [1.82, 2.24) is 9.21 Å². The molecule has 0 bridgehead atoms. The van der Waals surface area contributed by atoms with Gasteiger partial charge in [-0.2, -0.15) is 4.31 Å². The monoisotopic (exact) mass is 297 g/mol. The molecule has 0 spiro atoms. The summed E-state index contributed by atoms with van der Waals surface area (Å²) in [6.07, 6.45) is 0. The van der Waals surface area contributed by atoms with Crippen molar-refractivity contribution in [3.05, 3.63) is 29.8 Å². The van der Waals surface area contributed by atoms with Gasteiger partial charge in [0.15, 0.2) is 0 Å². The van der Waals surface area contributed by atoms with Crippen LogP contribution in [-0.4, -0.2) is 49.1 Å². The lowest BCUT2D eigenvalue weighted by Gasteiger charge is -2.34. The highest BCUT2D eigenvalue weighted by Crippen LogP contribution is 2.15. The second kappa shape index (κ2) is 6.11. The minimum atomic E-state index is -3.11. The Labute approximate surface area is 121 Å². The Bertz CT molecular complexity index is 532. The molecule has 112 valence electrons. The van der Waals surface area contributed by atoms with Crippen LogP contribution >= 0.6 is 0 Å². The summed E-state index contributed by atoms with van der Waals surface area (Å²) >= 11 is 0. The van der Waals surface area contributed by atoms with Crippen molar-refractivity contribution in [2.45, 2.75) is 25.6 Å². The van der Waals surface area contributed by atoms with Gasteiger partial charge >= 0.3 is 0 Å². The maximum Gasteiger partial charge on any atom is 0.216 e. The number of anilines is 1. The van der Waals surface area contributed by atoms with Crippen molar-refractivity contribution in [2.24, 2.45) is 0 Å². The SMILES string of the molecule is CC(C)S(=O)(=O)N1CCN(Cc2ccc(N)cc2)CC1. The van der Waals surface area contributed by atoms with Crippen molar-refractivity contribution in [1.29, 1.82) is 0 Å². The highest BCUT2D eigenvalue weighted by atomic mass is 32.2. The smallest absolute Gasteiger partial charge is 0.216 e. The quantitative estimate of drug-likeness (QED) is 0.846. The van der Waals surface area contributed by atoms with Gasteiger partial charge in [-0.3, -0.25) is 4.90 Å². The molecule has 1 saturated heterocycles. The molecule has 6 heteroatoms. The predicted octanol–water partition coefficient (Wildman–Crippen LogP) is 1.12. The third-order valence-corrected chi connectivity index (χ3v) is 5.95. The molecule has 0 amide bonds. The molecule has 1 aromatic carbocycles. The van der Waals surface area contributed by atoms with E-state index in [0.717, 1.165) is 25.3 Å². The molecule has 2 rings (SSSR count). The molecule has 1 fully saturated rings. The maximum absolute atomic E-state index is 12.1. The summed E-state index contributed by atoms with van der Waals surface area (Å²) in [7, 11) is -3.11. The van der Waals surface area contributed by atoms with Crippen LogP contribution in [0.15, 0.2) is 24.3 Å². The van der Waals surface area contributed by atoms with E-state index in [1.165, 1.54) is 5.56 Å². The Morgan fingerprint density at radius 1 is 1.10 bits per heavy atom. The molecule has 1 aliphatic heterocycles. The van der Waals surface area contributed by atoms with Gasteiger partial charge in [0.25, 0.3) is 0 Å². The topological polar surface area (TPSA) is 66.6 Å². The second-order valence-electron chi connectivity index (χ2n) is 5.51. The van der Waals surface area contributed by atoms with Crippen LogP contribution in [0, 0.1) is 0 Å². The molecule has 0 saturated carbocycles. The van der Waals surface area contributed by atoms with Crippen molar-refractivity contribution in [3.63, 3.8) is 0 Å². The summed E-state index contributed by atoms with van der Waals surface area (Å²) in [5.74, 6) is 0. The molecule has 20 heavy (non-hydrogen) atoms. The van der Waals surface area contributed by atoms with E-state index in [4.69, 9.17) is 5.73 Å². The molecular weight excluding hydrogens is 274 g/mol. The van der Waals surface area contributed by atoms with E-state index >= 15 is 0 Å². The van der Waals surface area contributed by atoms with E-state index in [-0.39, 0.29) is 5.25 Å². The van der Waals surface area contributed by atoms with Crippen LogP contribution in [0.25, 0.3) is 0 Å². The van der Waals surface area contributed by atoms with Gasteiger partial charge in [-0.1, -0.05) is 12.1 Å². The Kier molecular flexibility index (Phi) is 4.67. The number of piperazine rings is 1. The van der Waals surface area contributed by atoms with Crippen LogP contribution in [0.4, 0.5) is 5.69 Å². The minimum absolute atomic E-state index is 0.342. The zero-order valence-corrected chi connectivity index (χ0v) is 12.9. The zero-order valence-electron chi connectivity index (χ0n) is 12.1. The molecule has 0 radical (unpaired) electrons. The number of rotatable bonds is 4. The van der Waals surface area contributed by atoms with Gasteiger partial charge in [0.1, 0.15) is 0 Å². The predicted molar refractivity (Wildman–Crippen MR) is 81.8 cm³/mol. The number of nitrogen functional groups attached to an aromatic ring is 1. The summed E-state index contributed by atoms with van der Waals surface area (Å²) in [5.41, 5.74) is 7.64. The summed E-state index contributed by atoms with van der Waals surface area (Å²) in [4.78, 5) is 2.28. The van der Waals surface area contributed by atoms with Crippen LogP contribution in [0.2, 0.25) is 0 Å². The second-order valence-corrected chi connectivity index (χ2v) is 8.00. The van der Waals surface area contributed by atoms with Crippen LogP contribution in [0.3, 0.4) is 0 Å². The summed E-state index contributed by atoms with van der Waals surface area (Å²) in [6.45, 7) is 7.01. The molecule has 1 aromatic rings. The maximum atomic E-state index is 12.1. The van der Waals surface area contributed by atoms with E-state index in [1.54, 1.807) is 18.2 Å². The number of hydrogen-bond donors (Lipinski definition) is 1. The minimum Gasteiger partial charge on any atom is -0.399 e. The Morgan fingerprint density at radius 3 is 2.15 bits per heavy atom. The number of benzene rings is 1. The number of hydrogen-bond acceptors (Lipinski definition) is 4. The fourth-order valence-corrected chi connectivity index (χ4v) is 3.59. The molecule has 0 aromatic heterocycles. The number of nitrogens with zero attached hydrogens (tertiary/aromatic N) is 2. The van der Waals surface area contributed by atoms with Gasteiger partial charge in [0.05, 0.1) is 5.25 Å². The van der Waals surface area contributed by atoms with Crippen LogP contribution in [0.5, 0.6) is 0 Å². The first-order valence-electron chi connectivity index (χ1n) is 6.95. The highest BCUT2D eigenvalue weighted by molar-refractivity contribution is 7.89. The lowest BCUT2D eigenvalue weighted by molar-refractivity contribution is 0.181. The van der Waals surface area contributed by atoms with Crippen molar-refractivity contribution >= 4 is 15.7 Å². The molecule has 0 aliphatic carbocycles. The third kappa shape index (κ3) is 3.50. The Balaban J connectivity index is 1.90. The van der Waals surface area contributed by atoms with Crippen LogP contribution < -0.4 is 5.73 Å². The average Bonchev–Trinajstić information content (AvgIpc) is 2.42. The van der Waals surface area contributed by atoms with Crippen LogP contribution in [0.1, 0.15) is 19.4 Å². The van der Waals surface area contributed by atoms with Crippen molar-refractivity contribution in [3.8, 4) is 0 Å². The standard InChI is InChI=1S/C14H23N3O2S/c1-12(2)20(18,19)17-9-7-16(8-10-17)11-13-3-5-14(15)6-4-13/h3-6,12H,7-11,15H2,1-2H3. The number of sulfonamides is 1. The molecule has 0 unspecified atom stereocenters. The molecule has 1 aliphatic rings. The Morgan fingerprint density at radius 2 is 1.65 bits per heavy atom. The van der Waals surface area contributed by atoms with Gasteiger partial charge in [-0.05, 0) is 31.5 Å². The van der Waals surface area contributed by atoms with Crippen molar-refractivity contribution in [2.75, 3.05) is 31.9 Å². The largest absolute Gasteiger partial charge is 0.399 e. The number of nitrogens with two attached hydrogens (primary N) is 1. The summed E-state index contributed by atoms with van der Waals surface area (Å²) in [6, 6.07) is 7.84. The molecular formula is C14H23N3O2S. The third-order valence-electron chi connectivity index (χ3n) is 3.67. The first kappa shape index (κ1) is 15.3. The van der Waals surface area contributed by atoms with Gasteiger partial charge in [0.2, 0.25) is 10.0 Å². The lowest BCUT2D eigenvalue weighted by atomic mass is 10.2. The molecule has 2 N–H and O–H groups in total. The first-order valence-corrected chi connectivity index (χ1v) is 8.45. The molecule has 5 nitrogen and oxygen atoms in total.